The van der Waals surface area contributed by atoms with Crippen molar-refractivity contribution in [2.24, 2.45) is 0 Å². The Hall–Kier alpha value is -2.93. The van der Waals surface area contributed by atoms with Gasteiger partial charge in [-0.2, -0.15) is 9.78 Å². The molecular weight excluding hydrogens is 342 g/mol. The van der Waals surface area contributed by atoms with E-state index >= 15 is 0 Å². The highest BCUT2D eigenvalue weighted by atomic mass is 35.5. The van der Waals surface area contributed by atoms with Crippen LogP contribution in [0.2, 0.25) is 5.15 Å². The Balaban J connectivity index is 1.87. The molecule has 126 valence electrons. The molecule has 1 aromatic carbocycles. The lowest BCUT2D eigenvalue weighted by Gasteiger charge is -2.24. The lowest BCUT2D eigenvalue weighted by Crippen LogP contribution is -2.25. The van der Waals surface area contributed by atoms with Crippen LogP contribution >= 0.6 is 11.6 Å². The fraction of sp³-hybridized carbons (Fsp3) is 0.176. The second kappa shape index (κ2) is 5.86. The van der Waals surface area contributed by atoms with Crippen molar-refractivity contribution in [2.45, 2.75) is 19.3 Å². The summed E-state index contributed by atoms with van der Waals surface area (Å²) in [5.74, 6) is 0.886. The fourth-order valence-electron chi connectivity index (χ4n) is 3.16. The summed E-state index contributed by atoms with van der Waals surface area (Å²) in [5, 5.41) is 25.3. The minimum atomic E-state index is -0.190. The number of hydrogen-bond donors (Lipinski definition) is 2. The van der Waals surface area contributed by atoms with Gasteiger partial charge in [0.25, 0.3) is 0 Å². The summed E-state index contributed by atoms with van der Waals surface area (Å²) in [7, 11) is 0. The highest BCUT2D eigenvalue weighted by Gasteiger charge is 2.33. The Kier molecular flexibility index (Phi) is 3.65. The first-order valence-electron chi connectivity index (χ1n) is 7.71. The number of rotatable bonds is 2. The zero-order valence-electron chi connectivity index (χ0n) is 13.3. The predicted molar refractivity (Wildman–Crippen MR) is 92.1 cm³/mol. The van der Waals surface area contributed by atoms with Gasteiger partial charge in [0, 0.05) is 17.9 Å². The summed E-state index contributed by atoms with van der Waals surface area (Å²) < 4.78 is 1.56. The molecule has 1 atom stereocenters. The highest BCUT2D eigenvalue weighted by Crippen LogP contribution is 2.40. The van der Waals surface area contributed by atoms with Gasteiger partial charge < -0.3 is 10.4 Å². The number of nitrogens with zero attached hydrogens (tertiary/aromatic N) is 4. The largest absolute Gasteiger partial charge is 0.508 e. The molecule has 1 aliphatic heterocycles. The third-order valence-electron chi connectivity index (χ3n) is 4.21. The molecule has 25 heavy (non-hydrogen) atoms. The molecule has 8 heteroatoms. The van der Waals surface area contributed by atoms with Crippen LogP contribution in [0.3, 0.4) is 0 Å². The molecule has 0 aliphatic carbocycles. The van der Waals surface area contributed by atoms with Gasteiger partial charge in [0.15, 0.2) is 11.0 Å². The number of carbonyl (C=O) groups is 1. The van der Waals surface area contributed by atoms with Crippen LogP contribution in [0, 0.1) is 6.92 Å². The smallest absolute Gasteiger partial charge is 0.226 e. The molecule has 0 radical (unpaired) electrons. The number of aryl methyl sites for hydroxylation is 1. The Morgan fingerprint density at radius 3 is 2.84 bits per heavy atom. The van der Waals surface area contributed by atoms with Crippen molar-refractivity contribution in [3.8, 4) is 11.6 Å². The number of amides is 1. The van der Waals surface area contributed by atoms with Crippen molar-refractivity contribution in [3.05, 3.63) is 58.4 Å². The van der Waals surface area contributed by atoms with Crippen molar-refractivity contribution in [3.63, 3.8) is 0 Å². The molecule has 4 rings (SSSR count). The highest BCUT2D eigenvalue weighted by molar-refractivity contribution is 6.29. The Morgan fingerprint density at radius 2 is 2.12 bits per heavy atom. The van der Waals surface area contributed by atoms with Crippen LogP contribution in [-0.4, -0.2) is 31.0 Å². The molecule has 3 heterocycles. The van der Waals surface area contributed by atoms with Crippen LogP contribution in [0.1, 0.15) is 29.2 Å². The minimum absolute atomic E-state index is 0.121. The molecule has 0 unspecified atom stereocenters. The molecule has 0 fully saturated rings. The summed E-state index contributed by atoms with van der Waals surface area (Å²) in [6.45, 7) is 1.88. The number of halogens is 1. The van der Waals surface area contributed by atoms with E-state index in [-0.39, 0.29) is 29.1 Å². The molecule has 3 aromatic rings. The fourth-order valence-corrected chi connectivity index (χ4v) is 3.26. The standard InChI is InChI=1S/C17H14ClN5O2/c1-9-16-12(10-3-2-4-11(24)7-10)8-15(25)19-17(16)23(22-9)14-6-5-13(18)20-21-14/h2-7,12,24H,8H2,1H3,(H,19,25)/t12-/m1/s1. The molecule has 0 saturated heterocycles. The molecule has 7 nitrogen and oxygen atoms in total. The van der Waals surface area contributed by atoms with Gasteiger partial charge in [-0.1, -0.05) is 23.7 Å². The molecule has 1 amide bonds. The summed E-state index contributed by atoms with van der Waals surface area (Å²) in [4.78, 5) is 12.3. The molecule has 0 spiro atoms. The SMILES string of the molecule is Cc1nn(-c2ccc(Cl)nn2)c2c1[C@@H](c1cccc(O)c1)CC(=O)N2. The topological polar surface area (TPSA) is 92.9 Å². The number of phenols is 1. The number of aromatic nitrogens is 4. The lowest BCUT2D eigenvalue weighted by atomic mass is 9.86. The number of carbonyl (C=O) groups excluding carboxylic acids is 1. The maximum atomic E-state index is 12.3. The quantitative estimate of drug-likeness (QED) is 0.737. The van der Waals surface area contributed by atoms with E-state index in [2.05, 4.69) is 20.6 Å². The second-order valence-electron chi connectivity index (χ2n) is 5.87. The van der Waals surface area contributed by atoms with Crippen LogP contribution in [0.25, 0.3) is 5.82 Å². The maximum absolute atomic E-state index is 12.3. The van der Waals surface area contributed by atoms with E-state index in [1.165, 1.54) is 0 Å². The minimum Gasteiger partial charge on any atom is -0.508 e. The van der Waals surface area contributed by atoms with E-state index in [4.69, 9.17) is 11.6 Å². The summed E-state index contributed by atoms with van der Waals surface area (Å²) in [6, 6.07) is 10.2. The number of phenolic OH excluding ortho intramolecular Hbond substituents is 1. The monoisotopic (exact) mass is 355 g/mol. The molecular formula is C17H14ClN5O2. The summed E-state index contributed by atoms with van der Waals surface area (Å²) in [5.41, 5.74) is 2.54. The molecule has 2 N–H and O–H groups in total. The van der Waals surface area contributed by atoms with Crippen molar-refractivity contribution < 1.29 is 9.90 Å². The van der Waals surface area contributed by atoms with Gasteiger partial charge in [-0.25, -0.2) is 0 Å². The molecule has 0 saturated carbocycles. The van der Waals surface area contributed by atoms with E-state index in [0.717, 1.165) is 16.8 Å². The second-order valence-corrected chi connectivity index (χ2v) is 6.26. The van der Waals surface area contributed by atoms with Gasteiger partial charge in [0.05, 0.1) is 5.69 Å². The zero-order chi connectivity index (χ0) is 17.6. The Morgan fingerprint density at radius 1 is 1.28 bits per heavy atom. The van der Waals surface area contributed by atoms with Gasteiger partial charge in [-0.15, -0.1) is 10.2 Å². The van der Waals surface area contributed by atoms with Crippen LogP contribution in [-0.2, 0) is 4.79 Å². The van der Waals surface area contributed by atoms with E-state index in [0.29, 0.717) is 11.6 Å². The van der Waals surface area contributed by atoms with Gasteiger partial charge in [-0.3, -0.25) is 4.79 Å². The number of nitrogens with one attached hydrogen (secondary N) is 1. The Bertz CT molecular complexity index is 968. The van der Waals surface area contributed by atoms with E-state index in [1.54, 1.807) is 35.0 Å². The first-order valence-corrected chi connectivity index (χ1v) is 8.08. The summed E-state index contributed by atoms with van der Waals surface area (Å²) >= 11 is 5.79. The van der Waals surface area contributed by atoms with Gasteiger partial charge in [-0.05, 0) is 36.8 Å². The molecule has 1 aliphatic rings. The normalized spacial score (nSPS) is 16.4. The van der Waals surface area contributed by atoms with E-state index < -0.39 is 0 Å². The van der Waals surface area contributed by atoms with Crippen LogP contribution in [0.15, 0.2) is 36.4 Å². The van der Waals surface area contributed by atoms with Crippen molar-refractivity contribution in [2.75, 3.05) is 5.32 Å². The third kappa shape index (κ3) is 2.72. The first-order chi connectivity index (χ1) is 12.0. The van der Waals surface area contributed by atoms with Crippen molar-refractivity contribution >= 4 is 23.3 Å². The number of aromatic hydroxyl groups is 1. The van der Waals surface area contributed by atoms with Gasteiger partial charge in [0.2, 0.25) is 5.91 Å². The van der Waals surface area contributed by atoms with Crippen LogP contribution in [0.4, 0.5) is 5.82 Å². The average Bonchev–Trinajstić information content (AvgIpc) is 2.91. The number of hydrogen-bond acceptors (Lipinski definition) is 5. The number of anilines is 1. The number of fused-ring (bicyclic) bond motifs is 1. The van der Waals surface area contributed by atoms with Crippen LogP contribution < -0.4 is 5.32 Å². The van der Waals surface area contributed by atoms with Crippen LogP contribution in [0.5, 0.6) is 5.75 Å². The first kappa shape index (κ1) is 15.6. The Labute approximate surface area is 148 Å². The van der Waals surface area contributed by atoms with Gasteiger partial charge >= 0.3 is 0 Å². The molecule has 2 aromatic heterocycles. The predicted octanol–water partition coefficient (Wildman–Crippen LogP) is 2.80. The lowest BCUT2D eigenvalue weighted by molar-refractivity contribution is -0.116. The molecule has 0 bridgehead atoms. The average molecular weight is 356 g/mol. The third-order valence-corrected chi connectivity index (χ3v) is 4.41. The zero-order valence-corrected chi connectivity index (χ0v) is 14.0. The van der Waals surface area contributed by atoms with Crippen molar-refractivity contribution in [1.29, 1.82) is 0 Å². The summed E-state index contributed by atoms with van der Waals surface area (Å²) in [6.07, 6.45) is 0.287. The maximum Gasteiger partial charge on any atom is 0.226 e. The van der Waals surface area contributed by atoms with Gasteiger partial charge in [0.1, 0.15) is 11.6 Å². The van der Waals surface area contributed by atoms with E-state index in [1.807, 2.05) is 13.0 Å². The van der Waals surface area contributed by atoms with Crippen molar-refractivity contribution in [1.82, 2.24) is 20.0 Å². The van der Waals surface area contributed by atoms with E-state index in [9.17, 15) is 9.90 Å². The number of benzene rings is 1.